The fraction of sp³-hybridized carbons (Fsp3) is 0.238. The van der Waals surface area contributed by atoms with Gasteiger partial charge in [0.05, 0.1) is 49.6 Å². The first-order chi connectivity index (χ1) is 17.4. The van der Waals surface area contributed by atoms with Gasteiger partial charge in [0, 0.05) is 30.2 Å². The van der Waals surface area contributed by atoms with Gasteiger partial charge in [0.25, 0.3) is 22.7 Å². The number of nitro groups is 4. The highest BCUT2D eigenvalue weighted by molar-refractivity contribution is 5.91. The van der Waals surface area contributed by atoms with E-state index in [2.05, 4.69) is 0 Å². The number of carbonyl (C=O) groups excluding carboxylic acids is 2. The molecule has 1 aliphatic carbocycles. The van der Waals surface area contributed by atoms with E-state index in [1.165, 1.54) is 6.08 Å². The fourth-order valence-electron chi connectivity index (χ4n) is 3.48. The van der Waals surface area contributed by atoms with Crippen molar-refractivity contribution in [2.75, 3.05) is 6.61 Å². The van der Waals surface area contributed by atoms with Crippen LogP contribution >= 0.6 is 0 Å². The molecule has 0 aliphatic heterocycles. The molecule has 0 heterocycles. The Hall–Kier alpha value is -5.28. The zero-order valence-electron chi connectivity index (χ0n) is 18.6. The van der Waals surface area contributed by atoms with Crippen molar-refractivity contribution in [1.82, 2.24) is 0 Å². The van der Waals surface area contributed by atoms with Crippen LogP contribution < -0.4 is 0 Å². The van der Waals surface area contributed by atoms with Crippen molar-refractivity contribution in [3.05, 3.63) is 100 Å². The van der Waals surface area contributed by atoms with Crippen LogP contribution in [0.5, 0.6) is 0 Å². The van der Waals surface area contributed by atoms with E-state index in [1.807, 2.05) is 0 Å². The van der Waals surface area contributed by atoms with Crippen LogP contribution in [0.1, 0.15) is 33.6 Å². The van der Waals surface area contributed by atoms with E-state index in [1.54, 1.807) is 6.08 Å². The average Bonchev–Trinajstić information content (AvgIpc) is 2.86. The number of non-ortho nitro benzene ring substituents is 4. The lowest BCUT2D eigenvalue weighted by atomic mass is 9.93. The summed E-state index contributed by atoms with van der Waals surface area (Å²) in [5, 5.41) is 44.1. The number of benzene rings is 2. The van der Waals surface area contributed by atoms with Gasteiger partial charge in [0.1, 0.15) is 6.10 Å². The maximum absolute atomic E-state index is 12.5. The van der Waals surface area contributed by atoms with Crippen LogP contribution in [0.15, 0.2) is 48.6 Å². The molecule has 0 N–H and O–H groups in total. The smallest absolute Gasteiger partial charge is 0.339 e. The summed E-state index contributed by atoms with van der Waals surface area (Å²) in [5.74, 6) is -2.44. The van der Waals surface area contributed by atoms with Crippen molar-refractivity contribution < 1.29 is 38.8 Å². The molecule has 3 rings (SSSR count). The lowest BCUT2D eigenvalue weighted by Gasteiger charge is -2.24. The molecule has 16 heteroatoms. The zero-order valence-corrected chi connectivity index (χ0v) is 18.6. The van der Waals surface area contributed by atoms with Crippen LogP contribution in [0.2, 0.25) is 0 Å². The van der Waals surface area contributed by atoms with Gasteiger partial charge in [-0.05, 0) is 18.9 Å². The minimum atomic E-state index is -1.04. The Balaban J connectivity index is 1.65. The average molecular weight is 516 g/mol. The molecule has 0 saturated heterocycles. The zero-order chi connectivity index (χ0) is 27.3. The van der Waals surface area contributed by atoms with Gasteiger partial charge in [-0.2, -0.15) is 0 Å². The summed E-state index contributed by atoms with van der Waals surface area (Å²) in [6.07, 6.45) is 2.88. The van der Waals surface area contributed by atoms with Crippen LogP contribution in [0, 0.1) is 46.4 Å². The van der Waals surface area contributed by atoms with Crippen LogP contribution in [-0.4, -0.2) is 44.3 Å². The predicted molar refractivity (Wildman–Crippen MR) is 121 cm³/mol. The number of carbonyl (C=O) groups is 2. The summed E-state index contributed by atoms with van der Waals surface area (Å²) in [5.41, 5.74) is -3.42. The highest BCUT2D eigenvalue weighted by Crippen LogP contribution is 2.27. The Morgan fingerprint density at radius 3 is 1.59 bits per heavy atom. The fourth-order valence-corrected chi connectivity index (χ4v) is 3.48. The molecule has 0 radical (unpaired) electrons. The van der Waals surface area contributed by atoms with Gasteiger partial charge in [-0.1, -0.05) is 6.08 Å². The van der Waals surface area contributed by atoms with Gasteiger partial charge in [-0.15, -0.1) is 0 Å². The van der Waals surface area contributed by atoms with Crippen molar-refractivity contribution in [3.63, 3.8) is 0 Å². The molecule has 1 aliphatic rings. The van der Waals surface area contributed by atoms with E-state index in [9.17, 15) is 50.0 Å². The lowest BCUT2D eigenvalue weighted by molar-refractivity contribution is -0.394. The summed E-state index contributed by atoms with van der Waals surface area (Å²) < 4.78 is 10.4. The molecule has 2 atom stereocenters. The quantitative estimate of drug-likeness (QED) is 0.201. The summed E-state index contributed by atoms with van der Waals surface area (Å²) in [6.45, 7) is -0.212. The van der Waals surface area contributed by atoms with E-state index in [0.29, 0.717) is 18.6 Å². The van der Waals surface area contributed by atoms with Crippen LogP contribution in [0.3, 0.4) is 0 Å². The summed E-state index contributed by atoms with van der Waals surface area (Å²) in [4.78, 5) is 65.4. The molecule has 0 saturated carbocycles. The summed E-state index contributed by atoms with van der Waals surface area (Å²) in [7, 11) is 0. The third kappa shape index (κ3) is 6.65. The van der Waals surface area contributed by atoms with Gasteiger partial charge in [0.2, 0.25) is 0 Å². The van der Waals surface area contributed by atoms with E-state index in [4.69, 9.17) is 9.47 Å². The molecule has 0 spiro atoms. The molecule has 0 amide bonds. The Kier molecular flexibility index (Phi) is 7.81. The van der Waals surface area contributed by atoms with Gasteiger partial charge in [-0.25, -0.2) is 9.59 Å². The number of hydrogen-bond acceptors (Lipinski definition) is 12. The monoisotopic (exact) mass is 516 g/mol. The van der Waals surface area contributed by atoms with Crippen molar-refractivity contribution >= 4 is 34.7 Å². The number of esters is 2. The lowest BCUT2D eigenvalue weighted by Crippen LogP contribution is -2.25. The molecule has 0 fully saturated rings. The molecule has 0 aromatic heterocycles. The standard InChI is InChI=1S/C21H16N4O12/c26-20(13-5-15(22(28)29)9-16(6-13)23(30)31)36-11-12-2-1-3-19(4-12)37-21(27)14-7-17(24(32)33)10-18(8-14)25(34)35/h1,3,5-10,12,19H,2,4,11H2/t12-,19+/m0/s1. The molecule has 0 unspecified atom stereocenters. The molecule has 16 nitrogen and oxygen atoms in total. The van der Waals surface area contributed by atoms with Gasteiger partial charge < -0.3 is 9.47 Å². The second-order valence-electron chi connectivity index (χ2n) is 7.81. The van der Waals surface area contributed by atoms with Crippen molar-refractivity contribution in [3.8, 4) is 0 Å². The normalized spacial score (nSPS) is 16.4. The highest BCUT2D eigenvalue weighted by atomic mass is 16.6. The SMILES string of the molecule is O=C(OC[C@H]1CC=C[C@@H](OC(=O)c2cc([N+](=O)[O-])cc([N+](=O)[O-])c2)C1)c1cc([N+](=O)[O-])cc([N+](=O)[O-])c1. The molecule has 37 heavy (non-hydrogen) atoms. The summed E-state index contributed by atoms with van der Waals surface area (Å²) in [6, 6.07) is 4.80. The van der Waals surface area contributed by atoms with Crippen molar-refractivity contribution in [2.24, 2.45) is 5.92 Å². The van der Waals surface area contributed by atoms with E-state index in [0.717, 1.165) is 24.3 Å². The largest absolute Gasteiger partial charge is 0.462 e. The van der Waals surface area contributed by atoms with E-state index >= 15 is 0 Å². The number of nitro benzene ring substituents is 4. The first-order valence-corrected chi connectivity index (χ1v) is 10.4. The highest BCUT2D eigenvalue weighted by Gasteiger charge is 2.27. The summed E-state index contributed by atoms with van der Waals surface area (Å²) >= 11 is 0. The van der Waals surface area contributed by atoms with Crippen LogP contribution in [0.4, 0.5) is 22.7 Å². The van der Waals surface area contributed by atoms with Crippen LogP contribution in [-0.2, 0) is 9.47 Å². The number of nitrogens with zero attached hydrogens (tertiary/aromatic N) is 4. The Morgan fingerprint density at radius 1 is 0.730 bits per heavy atom. The number of rotatable bonds is 9. The minimum absolute atomic E-state index is 0.154. The van der Waals surface area contributed by atoms with Crippen molar-refractivity contribution in [1.29, 1.82) is 0 Å². The first-order valence-electron chi connectivity index (χ1n) is 10.4. The van der Waals surface area contributed by atoms with Gasteiger partial charge >= 0.3 is 11.9 Å². The molecule has 192 valence electrons. The Bertz CT molecular complexity index is 1270. The first kappa shape index (κ1) is 26.3. The minimum Gasteiger partial charge on any atom is -0.462 e. The second kappa shape index (κ2) is 11.0. The van der Waals surface area contributed by atoms with Crippen LogP contribution in [0.25, 0.3) is 0 Å². The molecule has 2 aromatic carbocycles. The predicted octanol–water partition coefficient (Wildman–Crippen LogP) is 3.67. The maximum atomic E-state index is 12.5. The molecule has 2 aromatic rings. The number of ether oxygens (including phenoxy) is 2. The molecular weight excluding hydrogens is 500 g/mol. The number of hydrogen-bond donors (Lipinski definition) is 0. The number of allylic oxidation sites excluding steroid dienone is 1. The third-order valence-corrected chi connectivity index (χ3v) is 5.21. The molecular formula is C21H16N4O12. The van der Waals surface area contributed by atoms with Gasteiger partial charge in [-0.3, -0.25) is 40.5 Å². The third-order valence-electron chi connectivity index (χ3n) is 5.21. The molecule has 0 bridgehead atoms. The topological polar surface area (TPSA) is 225 Å². The van der Waals surface area contributed by atoms with Gasteiger partial charge in [0.15, 0.2) is 0 Å². The second-order valence-corrected chi connectivity index (χ2v) is 7.81. The van der Waals surface area contributed by atoms with E-state index in [-0.39, 0.29) is 24.5 Å². The Morgan fingerprint density at radius 2 is 1.16 bits per heavy atom. The van der Waals surface area contributed by atoms with E-state index < -0.39 is 66.0 Å². The maximum Gasteiger partial charge on any atom is 0.339 e. The van der Waals surface area contributed by atoms with Crippen molar-refractivity contribution in [2.45, 2.75) is 18.9 Å². The Labute approximate surface area is 205 Å².